The van der Waals surface area contributed by atoms with Crippen LogP contribution >= 0.6 is 0 Å². The Morgan fingerprint density at radius 2 is 1.32 bits per heavy atom. The first kappa shape index (κ1) is 44.6. The Morgan fingerprint density at radius 1 is 0.736 bits per heavy atom. The summed E-state index contributed by atoms with van der Waals surface area (Å²) in [7, 11) is 0. The third-order valence-electron chi connectivity index (χ3n) is 7.87. The zero-order chi connectivity index (χ0) is 38.8. The number of hydrogen-bond acceptors (Lipinski definition) is 11. The molecule has 0 saturated carbocycles. The van der Waals surface area contributed by atoms with E-state index in [0.717, 1.165) is 16.2 Å². The standard InChI is InChI=1S/C36H57N7O10/c1-26(2)34(35(48)41-29(5-4-14-39-36(37)49)25-40-28-8-6-27(3)7-9-28)42-31(45)13-17-50-19-21-52-23-24-53-22-20-51-18-15-38-30(44)12-16-43-32(46)10-11-33(43)47/h6-11,26,29,34,40H,4-5,12-25H2,1-3H3,(H,38,44)(H,41,48)(H,42,45)(H3,37,39,49)/t29-,34-/m0/s1. The molecule has 0 unspecified atom stereocenters. The SMILES string of the molecule is Cc1ccc(NC[C@H](CCCNC(N)=O)NC(=O)[C@@H](NC(=O)CCOCCOCCOCCOCCNC(=O)CCN2C(=O)C=CC2=O)C(C)C)cc1. The van der Waals surface area contributed by atoms with Gasteiger partial charge < -0.3 is 51.3 Å². The van der Waals surface area contributed by atoms with Gasteiger partial charge in [0.2, 0.25) is 17.7 Å². The molecule has 1 aliphatic rings. The van der Waals surface area contributed by atoms with Crippen LogP contribution in [0.4, 0.5) is 10.5 Å². The lowest BCUT2D eigenvalue weighted by atomic mass is 10.0. The molecular formula is C36H57N7O10. The smallest absolute Gasteiger partial charge is 0.312 e. The van der Waals surface area contributed by atoms with Crippen LogP contribution in [0.15, 0.2) is 36.4 Å². The van der Waals surface area contributed by atoms with E-state index in [1.807, 2.05) is 45.0 Å². The molecule has 0 aliphatic carbocycles. The number of rotatable bonds is 29. The Hall–Kier alpha value is -4.58. The third-order valence-corrected chi connectivity index (χ3v) is 7.87. The fourth-order valence-electron chi connectivity index (χ4n) is 4.91. The molecule has 0 bridgehead atoms. The summed E-state index contributed by atoms with van der Waals surface area (Å²) in [5, 5.41) is 14.4. The van der Waals surface area contributed by atoms with Crippen LogP contribution in [-0.2, 0) is 42.9 Å². The highest BCUT2D eigenvalue weighted by Gasteiger charge is 2.26. The van der Waals surface area contributed by atoms with Crippen molar-refractivity contribution >= 4 is 41.3 Å². The number of amides is 7. The maximum absolute atomic E-state index is 13.3. The van der Waals surface area contributed by atoms with Crippen LogP contribution in [0.3, 0.4) is 0 Å². The van der Waals surface area contributed by atoms with Crippen LogP contribution < -0.4 is 32.3 Å². The molecule has 53 heavy (non-hydrogen) atoms. The van der Waals surface area contributed by atoms with Crippen LogP contribution in [0.1, 0.15) is 45.1 Å². The van der Waals surface area contributed by atoms with Gasteiger partial charge in [0.15, 0.2) is 0 Å². The van der Waals surface area contributed by atoms with Crippen molar-refractivity contribution in [2.24, 2.45) is 11.7 Å². The monoisotopic (exact) mass is 747 g/mol. The molecule has 0 radical (unpaired) electrons. The van der Waals surface area contributed by atoms with Gasteiger partial charge in [-0.05, 0) is 37.8 Å². The fraction of sp³-hybridized carbons (Fsp3) is 0.611. The van der Waals surface area contributed by atoms with Gasteiger partial charge in [-0.25, -0.2) is 4.79 Å². The van der Waals surface area contributed by atoms with Crippen molar-refractivity contribution in [1.82, 2.24) is 26.2 Å². The molecule has 0 spiro atoms. The van der Waals surface area contributed by atoms with Gasteiger partial charge in [-0.3, -0.25) is 28.9 Å². The van der Waals surface area contributed by atoms with Gasteiger partial charge in [0.05, 0.1) is 52.9 Å². The van der Waals surface area contributed by atoms with Crippen molar-refractivity contribution < 1.29 is 47.7 Å². The number of imide groups is 1. The fourth-order valence-corrected chi connectivity index (χ4v) is 4.91. The second kappa shape index (κ2) is 26.2. The number of ether oxygens (including phenoxy) is 4. The molecular weight excluding hydrogens is 690 g/mol. The second-order valence-corrected chi connectivity index (χ2v) is 12.6. The van der Waals surface area contributed by atoms with Crippen LogP contribution in [-0.4, -0.2) is 132 Å². The summed E-state index contributed by atoms with van der Waals surface area (Å²) in [6.45, 7) is 9.38. The maximum Gasteiger partial charge on any atom is 0.312 e. The van der Waals surface area contributed by atoms with E-state index in [1.165, 1.54) is 12.2 Å². The largest absolute Gasteiger partial charge is 0.383 e. The number of nitrogens with zero attached hydrogens (tertiary/aromatic N) is 1. The van der Waals surface area contributed by atoms with E-state index in [2.05, 4.69) is 26.6 Å². The minimum absolute atomic E-state index is 0.0271. The molecule has 7 amide bonds. The molecule has 1 aromatic rings. The van der Waals surface area contributed by atoms with Gasteiger partial charge >= 0.3 is 6.03 Å². The summed E-state index contributed by atoms with van der Waals surface area (Å²) < 4.78 is 21.8. The van der Waals surface area contributed by atoms with E-state index >= 15 is 0 Å². The number of urea groups is 1. The van der Waals surface area contributed by atoms with E-state index < -0.39 is 23.9 Å². The van der Waals surface area contributed by atoms with E-state index in [9.17, 15) is 28.8 Å². The van der Waals surface area contributed by atoms with Crippen molar-refractivity contribution in [3.8, 4) is 0 Å². The van der Waals surface area contributed by atoms with Crippen molar-refractivity contribution in [3.63, 3.8) is 0 Å². The highest BCUT2D eigenvalue weighted by atomic mass is 16.6. The topological polar surface area (TPSA) is 229 Å². The molecule has 1 heterocycles. The first-order chi connectivity index (χ1) is 25.5. The molecule has 0 saturated heterocycles. The molecule has 2 atom stereocenters. The predicted octanol–water partition coefficient (Wildman–Crippen LogP) is 0.369. The van der Waals surface area contributed by atoms with Crippen LogP contribution in [0.5, 0.6) is 0 Å². The number of nitrogens with one attached hydrogen (secondary N) is 5. The first-order valence-corrected chi connectivity index (χ1v) is 18.0. The Morgan fingerprint density at radius 3 is 1.91 bits per heavy atom. The van der Waals surface area contributed by atoms with Gasteiger partial charge in [-0.2, -0.15) is 0 Å². The molecule has 17 heteroatoms. The van der Waals surface area contributed by atoms with Gasteiger partial charge in [0.1, 0.15) is 6.04 Å². The number of hydrogen-bond donors (Lipinski definition) is 6. The molecule has 296 valence electrons. The summed E-state index contributed by atoms with van der Waals surface area (Å²) >= 11 is 0. The minimum Gasteiger partial charge on any atom is -0.383 e. The lowest BCUT2D eigenvalue weighted by Crippen LogP contribution is -2.53. The zero-order valence-corrected chi connectivity index (χ0v) is 31.1. The Labute approximate surface area is 311 Å². The Bertz CT molecular complexity index is 1310. The summed E-state index contributed by atoms with van der Waals surface area (Å²) in [5.74, 6) is -1.86. The normalized spacial score (nSPS) is 13.5. The van der Waals surface area contributed by atoms with Crippen molar-refractivity contribution in [2.75, 3.05) is 84.4 Å². The molecule has 1 aliphatic heterocycles. The van der Waals surface area contributed by atoms with E-state index in [4.69, 9.17) is 24.7 Å². The van der Waals surface area contributed by atoms with Gasteiger partial charge in [-0.1, -0.05) is 31.5 Å². The minimum atomic E-state index is -0.738. The summed E-state index contributed by atoms with van der Waals surface area (Å²) in [6.07, 6.45) is 3.66. The average molecular weight is 748 g/mol. The van der Waals surface area contributed by atoms with E-state index in [1.54, 1.807) is 0 Å². The number of primary amides is 1. The van der Waals surface area contributed by atoms with Crippen molar-refractivity contribution in [1.29, 1.82) is 0 Å². The number of carbonyl (C=O) groups is 6. The van der Waals surface area contributed by atoms with E-state index in [-0.39, 0.29) is 62.3 Å². The van der Waals surface area contributed by atoms with E-state index in [0.29, 0.717) is 72.1 Å². The van der Waals surface area contributed by atoms with Crippen molar-refractivity contribution in [2.45, 2.75) is 58.5 Å². The number of anilines is 1. The molecule has 0 fully saturated rings. The highest BCUT2D eigenvalue weighted by molar-refractivity contribution is 6.13. The van der Waals surface area contributed by atoms with Gasteiger partial charge in [0.25, 0.3) is 11.8 Å². The zero-order valence-electron chi connectivity index (χ0n) is 31.1. The molecule has 0 aromatic heterocycles. The maximum atomic E-state index is 13.3. The quantitative estimate of drug-likeness (QED) is 0.0485. The Kier molecular flexibility index (Phi) is 22.1. The van der Waals surface area contributed by atoms with Gasteiger partial charge in [-0.15, -0.1) is 0 Å². The average Bonchev–Trinajstić information content (AvgIpc) is 3.44. The second-order valence-electron chi connectivity index (χ2n) is 12.6. The lowest BCUT2D eigenvalue weighted by Gasteiger charge is -2.26. The molecule has 7 N–H and O–H groups in total. The first-order valence-electron chi connectivity index (χ1n) is 18.0. The molecule has 17 nitrogen and oxygen atoms in total. The predicted molar refractivity (Wildman–Crippen MR) is 197 cm³/mol. The van der Waals surface area contributed by atoms with Gasteiger partial charge in [0, 0.05) is 62.9 Å². The van der Waals surface area contributed by atoms with Crippen molar-refractivity contribution in [3.05, 3.63) is 42.0 Å². The molecule has 1 aromatic carbocycles. The summed E-state index contributed by atoms with van der Waals surface area (Å²) in [4.78, 5) is 72.8. The Balaban J connectivity index is 1.51. The number of carbonyl (C=O) groups excluding carboxylic acids is 6. The van der Waals surface area contributed by atoms with Crippen LogP contribution in [0, 0.1) is 12.8 Å². The number of aryl methyl sites for hydroxylation is 1. The highest BCUT2D eigenvalue weighted by Crippen LogP contribution is 2.11. The molecule has 2 rings (SSSR count). The summed E-state index contributed by atoms with van der Waals surface area (Å²) in [5.41, 5.74) is 7.22. The van der Waals surface area contributed by atoms with Crippen LogP contribution in [0.2, 0.25) is 0 Å². The lowest BCUT2D eigenvalue weighted by molar-refractivity contribution is -0.137. The number of benzene rings is 1. The third kappa shape index (κ3) is 20.3. The van der Waals surface area contributed by atoms with Crippen LogP contribution in [0.25, 0.3) is 0 Å². The number of nitrogens with two attached hydrogens (primary N) is 1. The summed E-state index contributed by atoms with van der Waals surface area (Å²) in [6, 6.07) is 6.32.